The number of ether oxygens (including phenoxy) is 1. The van der Waals surface area contributed by atoms with Crippen molar-refractivity contribution >= 4 is 23.4 Å². The Morgan fingerprint density at radius 1 is 1.15 bits per heavy atom. The predicted octanol–water partition coefficient (Wildman–Crippen LogP) is 4.78. The highest BCUT2D eigenvalue weighted by atomic mass is 35.5. The molecule has 20 heavy (non-hydrogen) atoms. The minimum Gasteiger partial charge on any atom is -0.496 e. The highest BCUT2D eigenvalue weighted by Gasteiger charge is 2.00. The van der Waals surface area contributed by atoms with Crippen LogP contribution in [0.5, 0.6) is 5.75 Å². The third-order valence-corrected chi connectivity index (χ3v) is 3.52. The van der Waals surface area contributed by atoms with Gasteiger partial charge in [0.1, 0.15) is 5.75 Å². The van der Waals surface area contributed by atoms with E-state index in [1.165, 1.54) is 0 Å². The van der Waals surface area contributed by atoms with Crippen molar-refractivity contribution in [2.45, 2.75) is 6.92 Å². The molecule has 0 spiro atoms. The number of anilines is 1. The van der Waals surface area contributed by atoms with Crippen LogP contribution in [0.3, 0.4) is 0 Å². The fraction of sp³-hybridized carbons (Fsp3) is 0.176. The molecule has 0 saturated carbocycles. The Hall–Kier alpha value is -1.93. The number of hydrogen-bond acceptors (Lipinski definition) is 2. The van der Waals surface area contributed by atoms with Crippen LogP contribution < -0.4 is 10.1 Å². The van der Waals surface area contributed by atoms with Gasteiger partial charge in [-0.2, -0.15) is 0 Å². The first kappa shape index (κ1) is 14.5. The smallest absolute Gasteiger partial charge is 0.126 e. The molecule has 0 aliphatic heterocycles. The molecule has 2 aromatic carbocycles. The van der Waals surface area contributed by atoms with Gasteiger partial charge in [-0.1, -0.05) is 48.0 Å². The summed E-state index contributed by atoms with van der Waals surface area (Å²) in [5.74, 6) is 0.877. The van der Waals surface area contributed by atoms with Crippen molar-refractivity contribution in [2.75, 3.05) is 19.0 Å². The Bertz CT molecular complexity index is 608. The molecule has 2 nitrogen and oxygen atoms in total. The van der Waals surface area contributed by atoms with Gasteiger partial charge in [0.25, 0.3) is 0 Å². The van der Waals surface area contributed by atoms with Crippen molar-refractivity contribution in [1.29, 1.82) is 0 Å². The highest BCUT2D eigenvalue weighted by molar-refractivity contribution is 6.31. The summed E-state index contributed by atoms with van der Waals surface area (Å²) in [5.41, 5.74) is 3.20. The molecular weight excluding hydrogens is 270 g/mol. The summed E-state index contributed by atoms with van der Waals surface area (Å²) in [4.78, 5) is 0. The number of halogens is 1. The summed E-state index contributed by atoms with van der Waals surface area (Å²) >= 11 is 6.09. The Kier molecular flexibility index (Phi) is 5.08. The van der Waals surface area contributed by atoms with Crippen molar-refractivity contribution in [3.8, 4) is 5.75 Å². The van der Waals surface area contributed by atoms with Crippen LogP contribution in [0, 0.1) is 6.92 Å². The molecule has 3 heteroatoms. The van der Waals surface area contributed by atoms with E-state index >= 15 is 0 Å². The molecule has 0 saturated heterocycles. The summed E-state index contributed by atoms with van der Waals surface area (Å²) < 4.78 is 5.31. The molecule has 0 bridgehead atoms. The maximum absolute atomic E-state index is 6.09. The molecule has 1 N–H and O–H groups in total. The quantitative estimate of drug-likeness (QED) is 0.854. The average molecular weight is 288 g/mol. The minimum absolute atomic E-state index is 0.735. The second kappa shape index (κ2) is 7.01. The minimum atomic E-state index is 0.735. The molecule has 0 atom stereocenters. The second-order valence-corrected chi connectivity index (χ2v) is 4.84. The third kappa shape index (κ3) is 3.55. The van der Waals surface area contributed by atoms with Crippen LogP contribution >= 0.6 is 11.6 Å². The van der Waals surface area contributed by atoms with Gasteiger partial charge in [0.2, 0.25) is 0 Å². The van der Waals surface area contributed by atoms with Gasteiger partial charge in [-0.3, -0.25) is 0 Å². The maximum atomic E-state index is 6.09. The van der Waals surface area contributed by atoms with Crippen LogP contribution in [0.2, 0.25) is 5.02 Å². The van der Waals surface area contributed by atoms with Crippen LogP contribution in [-0.4, -0.2) is 13.7 Å². The normalized spacial score (nSPS) is 10.8. The van der Waals surface area contributed by atoms with Crippen LogP contribution in [0.25, 0.3) is 6.08 Å². The van der Waals surface area contributed by atoms with E-state index in [2.05, 4.69) is 11.4 Å². The summed E-state index contributed by atoms with van der Waals surface area (Å²) in [5, 5.41) is 4.13. The zero-order valence-electron chi connectivity index (χ0n) is 11.7. The van der Waals surface area contributed by atoms with E-state index in [0.717, 1.165) is 34.1 Å². The Morgan fingerprint density at radius 2 is 1.95 bits per heavy atom. The molecule has 0 radical (unpaired) electrons. The summed E-state index contributed by atoms with van der Waals surface area (Å²) in [6, 6.07) is 13.8. The largest absolute Gasteiger partial charge is 0.496 e. The number of benzene rings is 2. The lowest BCUT2D eigenvalue weighted by Gasteiger charge is -2.08. The number of rotatable bonds is 5. The first-order chi connectivity index (χ1) is 9.72. The lowest BCUT2D eigenvalue weighted by Crippen LogP contribution is -2.00. The molecule has 104 valence electrons. The van der Waals surface area contributed by atoms with Gasteiger partial charge < -0.3 is 10.1 Å². The van der Waals surface area contributed by atoms with Crippen molar-refractivity contribution in [3.05, 3.63) is 64.7 Å². The molecule has 0 heterocycles. The first-order valence-electron chi connectivity index (χ1n) is 6.51. The fourth-order valence-electron chi connectivity index (χ4n) is 1.96. The standard InChI is InChI=1S/C17H18ClNO/c1-13-15(18)9-5-10-16(13)19-12-6-8-14-7-3-4-11-17(14)20-2/h3-11,19H,12H2,1-2H3/b8-6+. The average Bonchev–Trinajstić information content (AvgIpc) is 2.48. The molecule has 0 unspecified atom stereocenters. The molecule has 2 rings (SSSR count). The summed E-state index contributed by atoms with van der Waals surface area (Å²) in [6.07, 6.45) is 4.11. The third-order valence-electron chi connectivity index (χ3n) is 3.11. The first-order valence-corrected chi connectivity index (χ1v) is 6.88. The molecule has 0 aliphatic rings. The van der Waals surface area contributed by atoms with Crippen molar-refractivity contribution in [2.24, 2.45) is 0 Å². The summed E-state index contributed by atoms with van der Waals surface area (Å²) in [7, 11) is 1.68. The van der Waals surface area contributed by atoms with Gasteiger partial charge in [-0.15, -0.1) is 0 Å². The van der Waals surface area contributed by atoms with Crippen molar-refractivity contribution in [1.82, 2.24) is 0 Å². The van der Waals surface area contributed by atoms with Gasteiger partial charge in [0.05, 0.1) is 7.11 Å². The van der Waals surface area contributed by atoms with E-state index in [1.54, 1.807) is 7.11 Å². The Labute approximate surface area is 125 Å². The number of methoxy groups -OCH3 is 1. The fourth-order valence-corrected chi connectivity index (χ4v) is 2.13. The van der Waals surface area contributed by atoms with Gasteiger partial charge in [0, 0.05) is 22.8 Å². The topological polar surface area (TPSA) is 21.3 Å². The SMILES string of the molecule is COc1ccccc1/C=C/CNc1cccc(Cl)c1C. The van der Waals surface area contributed by atoms with E-state index in [9.17, 15) is 0 Å². The van der Waals surface area contributed by atoms with Gasteiger partial charge in [0.15, 0.2) is 0 Å². The second-order valence-electron chi connectivity index (χ2n) is 4.44. The Morgan fingerprint density at radius 3 is 2.75 bits per heavy atom. The number of nitrogens with one attached hydrogen (secondary N) is 1. The zero-order valence-corrected chi connectivity index (χ0v) is 12.4. The molecular formula is C17H18ClNO. The van der Waals surface area contributed by atoms with Crippen molar-refractivity contribution < 1.29 is 4.74 Å². The van der Waals surface area contributed by atoms with Crippen LogP contribution in [0.15, 0.2) is 48.5 Å². The summed E-state index contributed by atoms with van der Waals surface area (Å²) in [6.45, 7) is 2.74. The van der Waals surface area contributed by atoms with E-state index in [1.807, 2.05) is 55.5 Å². The van der Waals surface area contributed by atoms with Crippen LogP contribution in [-0.2, 0) is 0 Å². The van der Waals surface area contributed by atoms with Crippen LogP contribution in [0.1, 0.15) is 11.1 Å². The lowest BCUT2D eigenvalue weighted by atomic mass is 10.2. The molecule has 0 aromatic heterocycles. The van der Waals surface area contributed by atoms with E-state index in [-0.39, 0.29) is 0 Å². The maximum Gasteiger partial charge on any atom is 0.126 e. The number of para-hydroxylation sites is 1. The Balaban J connectivity index is 1.99. The molecule has 2 aromatic rings. The number of hydrogen-bond donors (Lipinski definition) is 1. The lowest BCUT2D eigenvalue weighted by molar-refractivity contribution is 0.414. The predicted molar refractivity (Wildman–Crippen MR) is 86.7 cm³/mol. The van der Waals surface area contributed by atoms with Crippen LogP contribution in [0.4, 0.5) is 5.69 Å². The van der Waals surface area contributed by atoms with Gasteiger partial charge in [-0.25, -0.2) is 0 Å². The molecule has 0 aliphatic carbocycles. The highest BCUT2D eigenvalue weighted by Crippen LogP contribution is 2.23. The zero-order chi connectivity index (χ0) is 14.4. The monoisotopic (exact) mass is 287 g/mol. The van der Waals surface area contributed by atoms with E-state index in [0.29, 0.717) is 0 Å². The van der Waals surface area contributed by atoms with E-state index < -0.39 is 0 Å². The van der Waals surface area contributed by atoms with Gasteiger partial charge >= 0.3 is 0 Å². The van der Waals surface area contributed by atoms with Gasteiger partial charge in [-0.05, 0) is 30.7 Å². The van der Waals surface area contributed by atoms with Crippen molar-refractivity contribution in [3.63, 3.8) is 0 Å². The molecule has 0 amide bonds. The van der Waals surface area contributed by atoms with E-state index in [4.69, 9.17) is 16.3 Å². The molecule has 0 fully saturated rings.